The Hall–Kier alpha value is -2.06. The molecule has 8 heteroatoms. The van der Waals surface area contributed by atoms with Gasteiger partial charge in [0.1, 0.15) is 5.82 Å². The van der Waals surface area contributed by atoms with E-state index in [-0.39, 0.29) is 11.9 Å². The molecule has 0 radical (unpaired) electrons. The second-order valence-corrected chi connectivity index (χ2v) is 7.95. The maximum Gasteiger partial charge on any atom is 0.230 e. The number of halogens is 2. The van der Waals surface area contributed by atoms with Crippen LogP contribution < -0.4 is 0 Å². The number of fused-ring (bicyclic) bond motifs is 1. The molecule has 0 aliphatic carbocycles. The molecule has 1 N–H and O–H groups in total. The van der Waals surface area contributed by atoms with Crippen LogP contribution in [0.3, 0.4) is 0 Å². The minimum atomic E-state index is -0.882. The standard InChI is InChI=1S/C18H20F2N4OS/c1-10-5-7-23(8-6-10)15(12-3-4-13(19)14(20)9-12)16-17(25)24-18(26-16)21-11(2)22-24/h3-4,9-10,15,25H,5-8H2,1-2H3/t15-/m0/s1. The second-order valence-electron chi connectivity index (χ2n) is 6.94. The predicted molar refractivity (Wildman–Crippen MR) is 95.4 cm³/mol. The van der Waals surface area contributed by atoms with E-state index in [0.717, 1.165) is 32.0 Å². The molecular formula is C18H20F2N4OS. The number of aromatic nitrogens is 3. The third-order valence-electron chi connectivity index (χ3n) is 5.00. The Labute approximate surface area is 153 Å². The highest BCUT2D eigenvalue weighted by Gasteiger charge is 2.31. The number of hydrogen-bond donors (Lipinski definition) is 1. The molecule has 3 heterocycles. The zero-order chi connectivity index (χ0) is 18.4. The maximum atomic E-state index is 13.9. The number of thiazole rings is 1. The smallest absolute Gasteiger partial charge is 0.230 e. The largest absolute Gasteiger partial charge is 0.492 e. The van der Waals surface area contributed by atoms with Gasteiger partial charge in [0.2, 0.25) is 10.8 Å². The predicted octanol–water partition coefficient (Wildman–Crippen LogP) is 3.90. The number of piperidine rings is 1. The van der Waals surface area contributed by atoms with Crippen molar-refractivity contribution >= 4 is 16.3 Å². The molecule has 4 rings (SSSR count). The quantitative estimate of drug-likeness (QED) is 0.751. The molecule has 1 saturated heterocycles. The van der Waals surface area contributed by atoms with E-state index in [1.807, 2.05) is 0 Å². The fraction of sp³-hybridized carbons (Fsp3) is 0.444. The molecule has 26 heavy (non-hydrogen) atoms. The second kappa shape index (κ2) is 6.59. The van der Waals surface area contributed by atoms with E-state index in [4.69, 9.17) is 0 Å². The Bertz CT molecular complexity index is 946. The molecule has 2 aromatic heterocycles. The molecule has 0 spiro atoms. The van der Waals surface area contributed by atoms with E-state index in [1.165, 1.54) is 21.9 Å². The highest BCUT2D eigenvalue weighted by atomic mass is 32.1. The first kappa shape index (κ1) is 17.4. The minimum absolute atomic E-state index is 0.0129. The number of aryl methyl sites for hydroxylation is 1. The summed E-state index contributed by atoms with van der Waals surface area (Å²) in [7, 11) is 0. The zero-order valence-electron chi connectivity index (χ0n) is 14.6. The number of likely N-dealkylation sites (tertiary alicyclic amines) is 1. The molecule has 1 aliphatic heterocycles. The van der Waals surface area contributed by atoms with Gasteiger partial charge in [-0.2, -0.15) is 4.52 Å². The number of aromatic hydroxyl groups is 1. The molecule has 0 amide bonds. The van der Waals surface area contributed by atoms with Crippen LogP contribution in [0.15, 0.2) is 18.2 Å². The van der Waals surface area contributed by atoms with Crippen LogP contribution in [0.5, 0.6) is 5.88 Å². The Morgan fingerprint density at radius 1 is 1.23 bits per heavy atom. The molecule has 1 aromatic carbocycles. The van der Waals surface area contributed by atoms with Gasteiger partial charge in [-0.1, -0.05) is 24.3 Å². The number of nitrogens with zero attached hydrogens (tertiary/aromatic N) is 4. The van der Waals surface area contributed by atoms with Crippen LogP contribution >= 0.6 is 11.3 Å². The SMILES string of the molecule is Cc1nc2sc([C@H](c3ccc(F)c(F)c3)N3CCC(C)CC3)c(O)n2n1. The van der Waals surface area contributed by atoms with Crippen LogP contribution in [-0.4, -0.2) is 37.7 Å². The fourth-order valence-electron chi connectivity index (χ4n) is 3.52. The summed E-state index contributed by atoms with van der Waals surface area (Å²) in [6, 6.07) is 3.59. The minimum Gasteiger partial charge on any atom is -0.492 e. The van der Waals surface area contributed by atoms with Gasteiger partial charge in [-0.3, -0.25) is 4.90 Å². The lowest BCUT2D eigenvalue weighted by molar-refractivity contribution is 0.157. The molecule has 138 valence electrons. The van der Waals surface area contributed by atoms with Crippen LogP contribution in [0, 0.1) is 24.5 Å². The average Bonchev–Trinajstić information content (AvgIpc) is 3.11. The van der Waals surface area contributed by atoms with E-state index in [2.05, 4.69) is 21.9 Å². The Kier molecular flexibility index (Phi) is 4.40. The van der Waals surface area contributed by atoms with E-state index >= 15 is 0 Å². The first-order valence-electron chi connectivity index (χ1n) is 8.68. The number of hydrogen-bond acceptors (Lipinski definition) is 5. The van der Waals surface area contributed by atoms with Gasteiger partial charge < -0.3 is 5.11 Å². The summed E-state index contributed by atoms with van der Waals surface area (Å²) in [5.74, 6) is -0.529. The lowest BCUT2D eigenvalue weighted by Gasteiger charge is -2.36. The van der Waals surface area contributed by atoms with Crippen LogP contribution in [0.1, 0.15) is 42.1 Å². The Balaban J connectivity index is 1.82. The summed E-state index contributed by atoms with van der Waals surface area (Å²) >= 11 is 1.33. The topological polar surface area (TPSA) is 53.7 Å². The number of benzene rings is 1. The van der Waals surface area contributed by atoms with Crippen LogP contribution in [-0.2, 0) is 0 Å². The third kappa shape index (κ3) is 2.97. The fourth-order valence-corrected chi connectivity index (χ4v) is 4.69. The van der Waals surface area contributed by atoms with E-state index in [0.29, 0.717) is 27.1 Å². The van der Waals surface area contributed by atoms with Crippen LogP contribution in [0.4, 0.5) is 8.78 Å². The van der Waals surface area contributed by atoms with E-state index < -0.39 is 11.6 Å². The molecule has 3 aromatic rings. The summed E-state index contributed by atoms with van der Waals surface area (Å²) in [5, 5.41) is 14.9. The van der Waals surface area contributed by atoms with Gasteiger partial charge in [0.05, 0.1) is 10.9 Å². The van der Waals surface area contributed by atoms with Gasteiger partial charge in [-0.25, -0.2) is 13.8 Å². The van der Waals surface area contributed by atoms with Gasteiger partial charge in [-0.05, 0) is 56.5 Å². The van der Waals surface area contributed by atoms with Crippen LogP contribution in [0.25, 0.3) is 4.96 Å². The van der Waals surface area contributed by atoms with Crippen molar-refractivity contribution in [2.75, 3.05) is 13.1 Å². The zero-order valence-corrected chi connectivity index (χ0v) is 15.4. The molecule has 1 aliphatic rings. The highest BCUT2D eigenvalue weighted by Crippen LogP contribution is 2.41. The molecular weight excluding hydrogens is 358 g/mol. The van der Waals surface area contributed by atoms with Crippen molar-refractivity contribution in [3.63, 3.8) is 0 Å². The molecule has 1 fully saturated rings. The van der Waals surface area contributed by atoms with Gasteiger partial charge >= 0.3 is 0 Å². The molecule has 0 unspecified atom stereocenters. The van der Waals surface area contributed by atoms with E-state index in [1.54, 1.807) is 13.0 Å². The van der Waals surface area contributed by atoms with Crippen molar-refractivity contribution in [1.29, 1.82) is 0 Å². The number of rotatable bonds is 3. The Morgan fingerprint density at radius 2 is 1.96 bits per heavy atom. The van der Waals surface area contributed by atoms with Crippen molar-refractivity contribution < 1.29 is 13.9 Å². The summed E-state index contributed by atoms with van der Waals surface area (Å²) in [6.07, 6.45) is 2.06. The Morgan fingerprint density at radius 3 is 2.62 bits per heavy atom. The van der Waals surface area contributed by atoms with Crippen molar-refractivity contribution in [2.45, 2.75) is 32.7 Å². The normalized spacial score (nSPS) is 17.8. The van der Waals surface area contributed by atoms with Crippen molar-refractivity contribution in [1.82, 2.24) is 19.5 Å². The molecule has 1 atom stereocenters. The summed E-state index contributed by atoms with van der Waals surface area (Å²) < 4.78 is 28.8. The summed E-state index contributed by atoms with van der Waals surface area (Å²) in [4.78, 5) is 7.77. The summed E-state index contributed by atoms with van der Waals surface area (Å²) in [5.41, 5.74) is 0.620. The first-order chi connectivity index (χ1) is 12.4. The lowest BCUT2D eigenvalue weighted by Crippen LogP contribution is -2.36. The van der Waals surface area contributed by atoms with Gasteiger partial charge in [0, 0.05) is 0 Å². The molecule has 0 bridgehead atoms. The summed E-state index contributed by atoms with van der Waals surface area (Å²) in [6.45, 7) is 5.64. The monoisotopic (exact) mass is 378 g/mol. The first-order valence-corrected chi connectivity index (χ1v) is 9.49. The van der Waals surface area contributed by atoms with E-state index in [9.17, 15) is 13.9 Å². The van der Waals surface area contributed by atoms with Gasteiger partial charge in [-0.15, -0.1) is 5.10 Å². The van der Waals surface area contributed by atoms with Gasteiger partial charge in [0.25, 0.3) is 0 Å². The maximum absolute atomic E-state index is 13.9. The average molecular weight is 378 g/mol. The van der Waals surface area contributed by atoms with Crippen molar-refractivity contribution in [3.05, 3.63) is 46.1 Å². The molecule has 5 nitrogen and oxygen atoms in total. The third-order valence-corrected chi connectivity index (χ3v) is 6.07. The van der Waals surface area contributed by atoms with Crippen molar-refractivity contribution in [3.8, 4) is 5.88 Å². The molecule has 0 saturated carbocycles. The highest BCUT2D eigenvalue weighted by molar-refractivity contribution is 7.17. The van der Waals surface area contributed by atoms with Crippen LogP contribution in [0.2, 0.25) is 0 Å². The lowest BCUT2D eigenvalue weighted by atomic mass is 9.95. The van der Waals surface area contributed by atoms with Gasteiger partial charge in [0.15, 0.2) is 11.6 Å². The van der Waals surface area contributed by atoms with Crippen molar-refractivity contribution in [2.24, 2.45) is 5.92 Å².